The number of hydrogen-bond donors (Lipinski definition) is 0. The minimum absolute atomic E-state index is 0.0824. The van der Waals surface area contributed by atoms with Gasteiger partial charge in [0, 0.05) is 19.3 Å². The number of ether oxygens (including phenoxy) is 3. The number of carbonyl (C=O) groups excluding carboxylic acids is 3. The van der Waals surface area contributed by atoms with Gasteiger partial charge in [0.25, 0.3) is 0 Å². The maximum absolute atomic E-state index is 12.8. The van der Waals surface area contributed by atoms with Gasteiger partial charge in [-0.25, -0.2) is 0 Å². The molecule has 0 aromatic carbocycles. The first kappa shape index (κ1) is 57.1. The Hall–Kier alpha value is -2.89. The zero-order valence-corrected chi connectivity index (χ0v) is 39.5. The smallest absolute Gasteiger partial charge is 0.306 e. The number of carbonyl (C=O) groups is 3. The van der Waals surface area contributed by atoms with Gasteiger partial charge in [-0.05, 0) is 64.2 Å². The fraction of sp³-hybridized carbons (Fsp3) is 0.759. The molecule has 0 amide bonds. The van der Waals surface area contributed by atoms with Crippen LogP contribution in [0.25, 0.3) is 0 Å². The van der Waals surface area contributed by atoms with E-state index < -0.39 is 6.10 Å². The van der Waals surface area contributed by atoms with Crippen LogP contribution in [0.4, 0.5) is 0 Å². The molecule has 0 aliphatic heterocycles. The fourth-order valence-electron chi connectivity index (χ4n) is 7.07. The van der Waals surface area contributed by atoms with Gasteiger partial charge in [0.05, 0.1) is 0 Å². The molecule has 0 saturated heterocycles. The van der Waals surface area contributed by atoms with Crippen molar-refractivity contribution in [2.45, 2.75) is 252 Å². The summed E-state index contributed by atoms with van der Waals surface area (Å²) < 4.78 is 16.8. The van der Waals surface area contributed by atoms with Crippen molar-refractivity contribution in [2.24, 2.45) is 0 Å². The molecule has 0 heterocycles. The Kier molecular flexibility index (Phi) is 46.4. The third kappa shape index (κ3) is 46.2. The minimum Gasteiger partial charge on any atom is -0.462 e. The van der Waals surface area contributed by atoms with E-state index in [4.69, 9.17) is 14.2 Å². The lowest BCUT2D eigenvalue weighted by atomic mass is 10.0. The molecule has 1 unspecified atom stereocenters. The molecule has 0 fully saturated rings. The normalized spacial score (nSPS) is 12.5. The second kappa shape index (κ2) is 48.8. The highest BCUT2D eigenvalue weighted by Gasteiger charge is 2.19. The van der Waals surface area contributed by atoms with Gasteiger partial charge < -0.3 is 14.2 Å². The van der Waals surface area contributed by atoms with Crippen molar-refractivity contribution < 1.29 is 28.6 Å². The molecular formula is C54H94O6. The van der Waals surface area contributed by atoms with Crippen LogP contribution in [0.15, 0.2) is 60.8 Å². The number of rotatable bonds is 45. The largest absolute Gasteiger partial charge is 0.462 e. The summed E-state index contributed by atoms with van der Waals surface area (Å²) in [6.07, 6.45) is 59.2. The van der Waals surface area contributed by atoms with Crippen LogP contribution in [0, 0.1) is 0 Å². The Bertz CT molecular complexity index is 1100. The summed E-state index contributed by atoms with van der Waals surface area (Å²) in [4.78, 5) is 37.9. The third-order valence-corrected chi connectivity index (χ3v) is 10.8. The second-order valence-corrected chi connectivity index (χ2v) is 16.7. The number of unbranched alkanes of at least 4 members (excludes halogenated alkanes) is 26. The lowest BCUT2D eigenvalue weighted by Crippen LogP contribution is -2.30. The zero-order chi connectivity index (χ0) is 43.7. The quantitative estimate of drug-likeness (QED) is 0.0200. The van der Waals surface area contributed by atoms with E-state index in [-0.39, 0.29) is 31.1 Å². The first-order chi connectivity index (χ1) is 29.5. The topological polar surface area (TPSA) is 78.9 Å². The van der Waals surface area contributed by atoms with Crippen LogP contribution >= 0.6 is 0 Å². The van der Waals surface area contributed by atoms with Crippen molar-refractivity contribution >= 4 is 17.9 Å². The van der Waals surface area contributed by atoms with Crippen molar-refractivity contribution in [1.82, 2.24) is 0 Å². The van der Waals surface area contributed by atoms with Crippen LogP contribution in [-0.4, -0.2) is 37.2 Å². The van der Waals surface area contributed by atoms with Crippen LogP contribution in [0.3, 0.4) is 0 Å². The van der Waals surface area contributed by atoms with Crippen molar-refractivity contribution in [3.05, 3.63) is 60.8 Å². The highest BCUT2D eigenvalue weighted by atomic mass is 16.6. The molecule has 0 spiro atoms. The van der Waals surface area contributed by atoms with E-state index in [1.165, 1.54) is 103 Å². The summed E-state index contributed by atoms with van der Waals surface area (Å²) in [6, 6.07) is 0. The number of allylic oxidation sites excluding steroid dienone is 10. The molecule has 0 aromatic rings. The summed E-state index contributed by atoms with van der Waals surface area (Å²) in [7, 11) is 0. The Balaban J connectivity index is 4.39. The highest BCUT2D eigenvalue weighted by molar-refractivity contribution is 5.71. The summed E-state index contributed by atoms with van der Waals surface area (Å²) in [5.41, 5.74) is 0. The molecule has 346 valence electrons. The molecule has 0 bridgehead atoms. The van der Waals surface area contributed by atoms with Gasteiger partial charge in [-0.2, -0.15) is 0 Å². The van der Waals surface area contributed by atoms with Crippen LogP contribution in [0.5, 0.6) is 0 Å². The van der Waals surface area contributed by atoms with E-state index in [9.17, 15) is 14.4 Å². The summed E-state index contributed by atoms with van der Waals surface area (Å²) in [6.45, 7) is 6.39. The molecule has 0 N–H and O–H groups in total. The predicted molar refractivity (Wildman–Crippen MR) is 256 cm³/mol. The molecule has 1 atom stereocenters. The Morgan fingerprint density at radius 3 is 1.18 bits per heavy atom. The maximum Gasteiger partial charge on any atom is 0.306 e. The van der Waals surface area contributed by atoms with Crippen LogP contribution in [-0.2, 0) is 28.6 Å². The number of esters is 3. The molecule has 6 nitrogen and oxygen atoms in total. The average molecular weight is 839 g/mol. The molecule has 6 heteroatoms. The highest BCUT2D eigenvalue weighted by Crippen LogP contribution is 2.15. The molecule has 0 aliphatic rings. The Labute approximate surface area is 370 Å². The minimum atomic E-state index is -0.784. The lowest BCUT2D eigenvalue weighted by molar-refractivity contribution is -0.167. The van der Waals surface area contributed by atoms with E-state index in [1.807, 2.05) is 0 Å². The first-order valence-electron chi connectivity index (χ1n) is 25.3. The van der Waals surface area contributed by atoms with E-state index in [1.54, 1.807) is 0 Å². The second-order valence-electron chi connectivity index (χ2n) is 16.7. The number of hydrogen-bond acceptors (Lipinski definition) is 6. The van der Waals surface area contributed by atoms with Gasteiger partial charge in [-0.1, -0.05) is 223 Å². The van der Waals surface area contributed by atoms with Crippen molar-refractivity contribution in [3.8, 4) is 0 Å². The summed E-state index contributed by atoms with van der Waals surface area (Å²) >= 11 is 0. The molecule has 0 aromatic heterocycles. The lowest BCUT2D eigenvalue weighted by Gasteiger charge is -2.18. The molecule has 60 heavy (non-hydrogen) atoms. The summed E-state index contributed by atoms with van der Waals surface area (Å²) in [5.74, 6) is -0.908. The van der Waals surface area contributed by atoms with Crippen LogP contribution in [0.1, 0.15) is 245 Å². The molecule has 0 aliphatic carbocycles. The monoisotopic (exact) mass is 839 g/mol. The fourth-order valence-corrected chi connectivity index (χ4v) is 7.07. The summed E-state index contributed by atoms with van der Waals surface area (Å²) in [5, 5.41) is 0. The van der Waals surface area contributed by atoms with Gasteiger partial charge in [-0.3, -0.25) is 14.4 Å². The standard InChI is InChI=1S/C54H94O6/c1-4-7-10-13-16-19-22-25-27-30-32-35-38-41-44-47-53(56)59-50-51(49-58-52(55)46-43-40-37-34-31-28-24-21-18-15-12-9-6-3)60-54(57)48-45-42-39-36-33-29-26-23-20-17-14-11-8-5-2/h8-9,11-12,15,17-18,20-21,24,51H,4-7,10,13-14,16,19,22-23,25-50H2,1-3H3/b11-8-,12-9-,18-15-,20-17-,24-21-. The van der Waals surface area contributed by atoms with E-state index in [0.29, 0.717) is 19.3 Å². The van der Waals surface area contributed by atoms with Crippen LogP contribution in [0.2, 0.25) is 0 Å². The molecule has 0 rings (SSSR count). The SMILES string of the molecule is CC\C=C/C=C\C=C/CCCCCCCC(=O)OCC(COC(=O)CCCCCCCCCCCCCCCCC)OC(=O)CCCCCCCCC/C=C\C/C=C\CC. The molecule has 0 radical (unpaired) electrons. The predicted octanol–water partition coefficient (Wildman–Crippen LogP) is 16.5. The van der Waals surface area contributed by atoms with Gasteiger partial charge >= 0.3 is 17.9 Å². The van der Waals surface area contributed by atoms with Crippen molar-refractivity contribution in [2.75, 3.05) is 13.2 Å². The van der Waals surface area contributed by atoms with Crippen molar-refractivity contribution in [3.63, 3.8) is 0 Å². The maximum atomic E-state index is 12.8. The van der Waals surface area contributed by atoms with Gasteiger partial charge in [0.15, 0.2) is 6.10 Å². The van der Waals surface area contributed by atoms with Gasteiger partial charge in [0.2, 0.25) is 0 Å². The van der Waals surface area contributed by atoms with E-state index in [2.05, 4.69) is 81.5 Å². The van der Waals surface area contributed by atoms with Gasteiger partial charge in [0.1, 0.15) is 13.2 Å². The van der Waals surface area contributed by atoms with Gasteiger partial charge in [-0.15, -0.1) is 0 Å². The van der Waals surface area contributed by atoms with Crippen LogP contribution < -0.4 is 0 Å². The first-order valence-corrected chi connectivity index (χ1v) is 25.3. The van der Waals surface area contributed by atoms with Crippen molar-refractivity contribution in [1.29, 1.82) is 0 Å². The zero-order valence-electron chi connectivity index (χ0n) is 39.5. The molecular weight excluding hydrogens is 745 g/mol. The third-order valence-electron chi connectivity index (χ3n) is 10.8. The Morgan fingerprint density at radius 1 is 0.367 bits per heavy atom. The molecule has 0 saturated carbocycles. The van der Waals surface area contributed by atoms with E-state index in [0.717, 1.165) is 103 Å². The average Bonchev–Trinajstić information content (AvgIpc) is 3.24. The Morgan fingerprint density at radius 2 is 0.733 bits per heavy atom. The van der Waals surface area contributed by atoms with E-state index >= 15 is 0 Å².